The van der Waals surface area contributed by atoms with Crippen LogP contribution >= 0.6 is 11.0 Å². The van der Waals surface area contributed by atoms with Crippen molar-refractivity contribution in [3.63, 3.8) is 0 Å². The molecular weight excluding hydrogens is 318 g/mol. The molecule has 1 fully saturated rings. The minimum Gasteiger partial charge on any atom is -0.478 e. The second-order valence-corrected chi connectivity index (χ2v) is 6.49. The number of nitrogens with zero attached hydrogens (tertiary/aromatic N) is 2. The lowest BCUT2D eigenvalue weighted by molar-refractivity contribution is -0.385. The van der Waals surface area contributed by atoms with Crippen molar-refractivity contribution in [3.05, 3.63) is 39.4 Å². The second kappa shape index (κ2) is 6.16. The van der Waals surface area contributed by atoms with Crippen LogP contribution in [0.1, 0.15) is 15.9 Å². The normalized spacial score (nSPS) is 22.4. The number of β-amino-alcohol motifs (C(OH)–C–C–N with tert-alkyl or cyclic N) is 1. The molecule has 5 N–H and O–H groups in total. The van der Waals surface area contributed by atoms with Crippen LogP contribution < -0.4 is 4.72 Å². The van der Waals surface area contributed by atoms with E-state index in [2.05, 4.69) is 4.72 Å². The van der Waals surface area contributed by atoms with Crippen molar-refractivity contribution in [1.82, 2.24) is 9.03 Å². The summed E-state index contributed by atoms with van der Waals surface area (Å²) in [6, 6.07) is 3.54. The molecule has 22 heavy (non-hydrogen) atoms. The van der Waals surface area contributed by atoms with E-state index in [1.165, 1.54) is 16.4 Å². The van der Waals surface area contributed by atoms with Gasteiger partial charge in [-0.25, -0.2) is 4.79 Å². The number of hydrogen-bond acceptors (Lipinski definition) is 8. The van der Waals surface area contributed by atoms with Crippen LogP contribution in [-0.2, 0) is 6.42 Å². The van der Waals surface area contributed by atoms with Gasteiger partial charge < -0.3 is 10.2 Å². The lowest BCUT2D eigenvalue weighted by Gasteiger charge is -2.35. The number of aliphatic hydroxyl groups is 1. The minimum absolute atomic E-state index is 0.0245. The average molecular weight is 333 g/mol. The Hall–Kier alpha value is -1.76. The van der Waals surface area contributed by atoms with Crippen LogP contribution in [0.5, 0.6) is 0 Å². The van der Waals surface area contributed by atoms with Gasteiger partial charge in [0.05, 0.1) is 17.0 Å². The zero-order chi connectivity index (χ0) is 16.5. The lowest BCUT2D eigenvalue weighted by atomic mass is 10.1. The summed E-state index contributed by atoms with van der Waals surface area (Å²) in [5.74, 6) is -1.27. The van der Waals surface area contributed by atoms with Crippen molar-refractivity contribution in [1.29, 1.82) is 0 Å². The van der Waals surface area contributed by atoms with Crippen LogP contribution in [0.4, 0.5) is 5.69 Å². The van der Waals surface area contributed by atoms with Crippen molar-refractivity contribution in [2.24, 2.45) is 0 Å². The summed E-state index contributed by atoms with van der Waals surface area (Å²) >= 11 is 0. The number of nitrogens with one attached hydrogen (secondary N) is 1. The maximum atomic E-state index is 11.0. The van der Waals surface area contributed by atoms with E-state index in [-0.39, 0.29) is 36.3 Å². The van der Waals surface area contributed by atoms with Gasteiger partial charge in [-0.2, -0.15) is 9.03 Å². The zero-order valence-electron chi connectivity index (χ0n) is 11.2. The van der Waals surface area contributed by atoms with E-state index in [0.717, 1.165) is 6.07 Å². The first-order chi connectivity index (χ1) is 10.2. The Morgan fingerprint density at radius 3 is 2.68 bits per heavy atom. The van der Waals surface area contributed by atoms with Crippen molar-refractivity contribution in [2.45, 2.75) is 12.6 Å². The largest absolute Gasteiger partial charge is 0.478 e. The molecule has 1 aromatic rings. The summed E-state index contributed by atoms with van der Waals surface area (Å²) in [5.41, 5.74) is -0.270. The van der Waals surface area contributed by atoms with Gasteiger partial charge in [-0.3, -0.25) is 19.2 Å². The molecule has 0 saturated carbocycles. The third-order valence-electron chi connectivity index (χ3n) is 3.19. The number of nitro groups is 1. The van der Waals surface area contributed by atoms with E-state index < -0.39 is 28.1 Å². The fourth-order valence-electron chi connectivity index (χ4n) is 2.13. The molecule has 1 saturated heterocycles. The monoisotopic (exact) mass is 333 g/mol. The summed E-state index contributed by atoms with van der Waals surface area (Å²) in [6.07, 6.45) is -0.991. The molecule has 1 unspecified atom stereocenters. The van der Waals surface area contributed by atoms with Gasteiger partial charge in [0.15, 0.2) is 0 Å². The van der Waals surface area contributed by atoms with Crippen molar-refractivity contribution in [2.75, 3.05) is 13.1 Å². The fourth-order valence-corrected chi connectivity index (χ4v) is 3.42. The van der Waals surface area contributed by atoms with Crippen molar-refractivity contribution in [3.8, 4) is 0 Å². The van der Waals surface area contributed by atoms with Crippen LogP contribution in [-0.4, -0.2) is 53.8 Å². The van der Waals surface area contributed by atoms with Gasteiger partial charge in [-0.05, 0) is 12.5 Å². The van der Waals surface area contributed by atoms with Gasteiger partial charge in [0.2, 0.25) is 0 Å². The number of benzene rings is 1. The Kier molecular flexibility index (Phi) is 4.65. The third kappa shape index (κ3) is 3.52. The fraction of sp³-hybridized carbons (Fsp3) is 0.364. The van der Waals surface area contributed by atoms with Gasteiger partial charge in [0, 0.05) is 18.2 Å². The maximum Gasteiger partial charge on any atom is 0.335 e. The molecule has 10 nitrogen and oxygen atoms in total. The summed E-state index contributed by atoms with van der Waals surface area (Å²) in [6.45, 7) is 0.0307. The second-order valence-electron chi connectivity index (χ2n) is 4.70. The third-order valence-corrected chi connectivity index (χ3v) is 4.83. The van der Waals surface area contributed by atoms with Gasteiger partial charge in [0.25, 0.3) is 5.69 Å². The highest BCUT2D eigenvalue weighted by atomic mass is 32.3. The van der Waals surface area contributed by atoms with Crippen LogP contribution in [0.15, 0.2) is 18.2 Å². The zero-order valence-corrected chi connectivity index (χ0v) is 12.1. The van der Waals surface area contributed by atoms with E-state index in [1.54, 1.807) is 0 Å². The lowest BCUT2D eigenvalue weighted by Crippen LogP contribution is -2.27. The predicted molar refractivity (Wildman–Crippen MR) is 77.3 cm³/mol. The number of aromatic carboxylic acids is 1. The molecule has 0 amide bonds. The van der Waals surface area contributed by atoms with Gasteiger partial charge in [-0.15, -0.1) is 0 Å². The van der Waals surface area contributed by atoms with Gasteiger partial charge >= 0.3 is 5.97 Å². The minimum atomic E-state index is -3.29. The first-order valence-electron chi connectivity index (χ1n) is 6.20. The maximum absolute atomic E-state index is 11.0. The molecule has 0 spiro atoms. The molecule has 1 aromatic carbocycles. The summed E-state index contributed by atoms with van der Waals surface area (Å²) in [7, 11) is -3.29. The van der Waals surface area contributed by atoms with Crippen LogP contribution in [0.3, 0.4) is 0 Å². The van der Waals surface area contributed by atoms with E-state index in [4.69, 9.17) is 5.11 Å². The number of carboxylic acid groups (broad SMARTS) is 1. The standard InChI is InChI=1S/C11H15N3O7S/c15-10-6-13(22(20,21)12-10)4-3-7-1-2-8(11(16)17)5-9(7)14(18)19/h1-2,5,10,12,15,20-21H,3-4,6H2,(H,16,17). The topological polar surface area (TPSA) is 156 Å². The number of carboxylic acids is 1. The molecule has 1 aliphatic rings. The molecule has 1 atom stereocenters. The number of carbonyl (C=O) groups is 1. The summed E-state index contributed by atoms with van der Waals surface area (Å²) in [5, 5.41) is 29.2. The molecule has 122 valence electrons. The SMILES string of the molecule is O=C(O)c1ccc(CCN2CC(O)NS2(O)O)c([N+](=O)[O-])c1. The first kappa shape index (κ1) is 16.6. The number of aliphatic hydroxyl groups excluding tert-OH is 1. The molecule has 0 radical (unpaired) electrons. The number of rotatable bonds is 5. The summed E-state index contributed by atoms with van der Waals surface area (Å²) < 4.78 is 22.8. The number of hydrogen-bond donors (Lipinski definition) is 5. The molecule has 11 heteroatoms. The van der Waals surface area contributed by atoms with Crippen molar-refractivity contribution >= 4 is 22.6 Å². The Labute approximate surface area is 126 Å². The van der Waals surface area contributed by atoms with Gasteiger partial charge in [-0.1, -0.05) is 17.0 Å². The quantitative estimate of drug-likeness (QED) is 0.385. The van der Waals surface area contributed by atoms with E-state index in [1.807, 2.05) is 0 Å². The molecule has 0 bridgehead atoms. The Morgan fingerprint density at radius 1 is 1.50 bits per heavy atom. The van der Waals surface area contributed by atoms with E-state index >= 15 is 0 Å². The van der Waals surface area contributed by atoms with Crippen LogP contribution in [0, 0.1) is 10.1 Å². The molecule has 1 heterocycles. The molecule has 1 aliphatic heterocycles. The van der Waals surface area contributed by atoms with Gasteiger partial charge in [0.1, 0.15) is 6.23 Å². The van der Waals surface area contributed by atoms with E-state index in [9.17, 15) is 29.1 Å². The highest BCUT2D eigenvalue weighted by Crippen LogP contribution is 2.43. The number of nitro benzene ring substituents is 1. The summed E-state index contributed by atoms with van der Waals surface area (Å²) in [4.78, 5) is 21.2. The predicted octanol–water partition coefficient (Wildman–Crippen LogP) is 0.640. The molecule has 0 aromatic heterocycles. The van der Waals surface area contributed by atoms with Crippen LogP contribution in [0.2, 0.25) is 0 Å². The Morgan fingerprint density at radius 2 is 2.18 bits per heavy atom. The molecular formula is C11H15N3O7S. The van der Waals surface area contributed by atoms with Crippen LogP contribution in [0.25, 0.3) is 0 Å². The molecule has 2 rings (SSSR count). The average Bonchev–Trinajstić information content (AvgIpc) is 2.68. The highest BCUT2D eigenvalue weighted by Gasteiger charge is 2.34. The van der Waals surface area contributed by atoms with E-state index in [0.29, 0.717) is 0 Å². The Balaban J connectivity index is 2.16. The van der Waals surface area contributed by atoms with Crippen molar-refractivity contribution < 1.29 is 29.0 Å². The Bertz CT molecular complexity index is 609. The smallest absolute Gasteiger partial charge is 0.335 e. The first-order valence-corrected chi connectivity index (χ1v) is 7.70. The highest BCUT2D eigenvalue weighted by molar-refractivity contribution is 8.20. The molecule has 0 aliphatic carbocycles.